The van der Waals surface area contributed by atoms with Crippen LogP contribution in [0, 0.1) is 0 Å². The molecule has 1 fully saturated rings. The molecule has 1 saturated carbocycles. The average Bonchev–Trinajstić information content (AvgIpc) is 3.03. The number of ether oxygens (including phenoxy) is 3. The maximum atomic E-state index is 11.7. The molecule has 0 saturated heterocycles. The molecule has 6 heteroatoms. The van der Waals surface area contributed by atoms with Gasteiger partial charge in [-0.1, -0.05) is 18.9 Å². The monoisotopic (exact) mass is 308 g/mol. The minimum absolute atomic E-state index is 0.131. The van der Waals surface area contributed by atoms with Crippen LogP contribution in [0.1, 0.15) is 25.7 Å². The highest BCUT2D eigenvalue weighted by Crippen LogP contribution is 2.36. The smallest absolute Gasteiger partial charge is 0.315 e. The Morgan fingerprint density at radius 1 is 1.18 bits per heavy atom. The van der Waals surface area contributed by atoms with Crippen molar-refractivity contribution in [3.8, 4) is 17.2 Å². The summed E-state index contributed by atoms with van der Waals surface area (Å²) in [4.78, 5) is 11.7. The fourth-order valence-corrected chi connectivity index (χ4v) is 2.60. The molecule has 1 aromatic rings. The van der Waals surface area contributed by atoms with Crippen LogP contribution in [0.25, 0.3) is 0 Å². The van der Waals surface area contributed by atoms with E-state index in [0.29, 0.717) is 36.4 Å². The van der Waals surface area contributed by atoms with E-state index in [1.165, 1.54) is 12.8 Å². The largest absolute Gasteiger partial charge is 0.493 e. The molecule has 6 nitrogen and oxygen atoms in total. The molecule has 0 aliphatic heterocycles. The Morgan fingerprint density at radius 2 is 1.91 bits per heavy atom. The second kappa shape index (κ2) is 8.36. The molecule has 1 aromatic carbocycles. The van der Waals surface area contributed by atoms with Gasteiger partial charge < -0.3 is 24.8 Å². The Bertz CT molecular complexity index is 487. The number of para-hydroxylation sites is 1. The molecule has 0 atom stereocenters. The van der Waals surface area contributed by atoms with Crippen LogP contribution in [0.15, 0.2) is 18.2 Å². The summed E-state index contributed by atoms with van der Waals surface area (Å²) in [5.41, 5.74) is 0. The van der Waals surface area contributed by atoms with Gasteiger partial charge in [0.2, 0.25) is 5.75 Å². The van der Waals surface area contributed by atoms with Gasteiger partial charge in [-0.05, 0) is 25.0 Å². The van der Waals surface area contributed by atoms with Gasteiger partial charge in [0.25, 0.3) is 0 Å². The Balaban J connectivity index is 1.73. The zero-order valence-electron chi connectivity index (χ0n) is 13.2. The number of nitrogens with one attached hydrogen (secondary N) is 2. The van der Waals surface area contributed by atoms with Gasteiger partial charge in [-0.2, -0.15) is 0 Å². The van der Waals surface area contributed by atoms with Crippen LogP contribution in [0.2, 0.25) is 0 Å². The summed E-state index contributed by atoms with van der Waals surface area (Å²) in [5.74, 6) is 1.77. The van der Waals surface area contributed by atoms with Crippen molar-refractivity contribution in [2.24, 2.45) is 0 Å². The molecule has 0 bridgehead atoms. The van der Waals surface area contributed by atoms with Gasteiger partial charge in [-0.3, -0.25) is 0 Å². The number of urea groups is 1. The van der Waals surface area contributed by atoms with Gasteiger partial charge in [-0.25, -0.2) is 4.79 Å². The van der Waals surface area contributed by atoms with E-state index in [2.05, 4.69) is 10.6 Å². The molecular weight excluding hydrogens is 284 g/mol. The number of methoxy groups -OCH3 is 2. The molecule has 0 heterocycles. The van der Waals surface area contributed by atoms with Gasteiger partial charge in [0.05, 0.1) is 20.8 Å². The summed E-state index contributed by atoms with van der Waals surface area (Å²) in [7, 11) is 3.15. The molecule has 0 radical (unpaired) electrons. The van der Waals surface area contributed by atoms with Crippen LogP contribution in [0.4, 0.5) is 4.79 Å². The third-order valence-corrected chi connectivity index (χ3v) is 3.70. The summed E-state index contributed by atoms with van der Waals surface area (Å²) in [6.45, 7) is 0.792. The van der Waals surface area contributed by atoms with Crippen LogP contribution in [-0.2, 0) is 0 Å². The van der Waals surface area contributed by atoms with Crippen molar-refractivity contribution in [2.45, 2.75) is 31.7 Å². The highest BCUT2D eigenvalue weighted by atomic mass is 16.5. The third-order valence-electron chi connectivity index (χ3n) is 3.70. The Kier molecular flexibility index (Phi) is 6.18. The molecule has 1 aliphatic rings. The van der Waals surface area contributed by atoms with Crippen LogP contribution in [-0.4, -0.2) is 39.4 Å². The molecule has 0 aromatic heterocycles. The first-order chi connectivity index (χ1) is 10.7. The standard InChI is InChI=1S/C16H24N2O4/c1-20-13-8-5-9-14(15(13)21-2)22-11-10-17-16(19)18-12-6-3-4-7-12/h5,8-9,12H,3-4,6-7,10-11H2,1-2H3,(H2,17,18,19). The first-order valence-electron chi connectivity index (χ1n) is 7.62. The molecule has 22 heavy (non-hydrogen) atoms. The quantitative estimate of drug-likeness (QED) is 0.759. The number of hydrogen-bond donors (Lipinski definition) is 2. The Morgan fingerprint density at radius 3 is 2.59 bits per heavy atom. The first kappa shape index (κ1) is 16.3. The maximum Gasteiger partial charge on any atom is 0.315 e. The molecule has 1 aliphatic carbocycles. The number of benzene rings is 1. The molecule has 2 rings (SSSR count). The average molecular weight is 308 g/mol. The second-order valence-corrected chi connectivity index (χ2v) is 5.22. The van der Waals surface area contributed by atoms with E-state index in [9.17, 15) is 4.79 Å². The Hall–Kier alpha value is -2.11. The third kappa shape index (κ3) is 4.44. The van der Waals surface area contributed by atoms with E-state index in [-0.39, 0.29) is 6.03 Å². The number of carbonyl (C=O) groups excluding carboxylic acids is 1. The zero-order chi connectivity index (χ0) is 15.8. The maximum absolute atomic E-state index is 11.7. The normalized spacial score (nSPS) is 14.5. The molecule has 2 N–H and O–H groups in total. The van der Waals surface area contributed by atoms with E-state index >= 15 is 0 Å². The van der Waals surface area contributed by atoms with Crippen molar-refractivity contribution < 1.29 is 19.0 Å². The second-order valence-electron chi connectivity index (χ2n) is 5.22. The van der Waals surface area contributed by atoms with E-state index in [1.54, 1.807) is 26.4 Å². The topological polar surface area (TPSA) is 68.8 Å². The number of amides is 2. The number of rotatable bonds is 7. The van der Waals surface area contributed by atoms with Crippen molar-refractivity contribution in [3.63, 3.8) is 0 Å². The minimum atomic E-state index is -0.131. The zero-order valence-corrected chi connectivity index (χ0v) is 13.2. The summed E-state index contributed by atoms with van der Waals surface area (Å²) in [5, 5.41) is 5.77. The summed E-state index contributed by atoms with van der Waals surface area (Å²) >= 11 is 0. The highest BCUT2D eigenvalue weighted by molar-refractivity contribution is 5.74. The molecular formula is C16H24N2O4. The minimum Gasteiger partial charge on any atom is -0.493 e. The van der Waals surface area contributed by atoms with Crippen molar-refractivity contribution in [3.05, 3.63) is 18.2 Å². The molecule has 2 amide bonds. The van der Waals surface area contributed by atoms with Crippen LogP contribution in [0.3, 0.4) is 0 Å². The lowest BCUT2D eigenvalue weighted by molar-refractivity contribution is 0.231. The summed E-state index contributed by atoms with van der Waals surface area (Å²) < 4.78 is 16.1. The Labute approximate surface area is 131 Å². The van der Waals surface area contributed by atoms with Crippen molar-refractivity contribution >= 4 is 6.03 Å². The summed E-state index contributed by atoms with van der Waals surface area (Å²) in [6.07, 6.45) is 4.54. The highest BCUT2D eigenvalue weighted by Gasteiger charge is 2.16. The van der Waals surface area contributed by atoms with Crippen LogP contribution < -0.4 is 24.8 Å². The molecule has 122 valence electrons. The fraction of sp³-hybridized carbons (Fsp3) is 0.562. The first-order valence-corrected chi connectivity index (χ1v) is 7.62. The van der Waals surface area contributed by atoms with Crippen molar-refractivity contribution in [1.29, 1.82) is 0 Å². The molecule has 0 spiro atoms. The lowest BCUT2D eigenvalue weighted by Gasteiger charge is -2.15. The number of carbonyl (C=O) groups is 1. The van der Waals surface area contributed by atoms with E-state index in [4.69, 9.17) is 14.2 Å². The van der Waals surface area contributed by atoms with Crippen LogP contribution in [0.5, 0.6) is 17.2 Å². The van der Waals surface area contributed by atoms with E-state index < -0.39 is 0 Å². The van der Waals surface area contributed by atoms with Gasteiger partial charge in [0.15, 0.2) is 11.5 Å². The lowest BCUT2D eigenvalue weighted by Crippen LogP contribution is -2.42. The van der Waals surface area contributed by atoms with Gasteiger partial charge in [0, 0.05) is 6.04 Å². The molecule has 0 unspecified atom stereocenters. The fourth-order valence-electron chi connectivity index (χ4n) is 2.60. The predicted molar refractivity (Wildman–Crippen MR) is 83.8 cm³/mol. The van der Waals surface area contributed by atoms with Gasteiger partial charge >= 0.3 is 6.03 Å². The SMILES string of the molecule is COc1cccc(OCCNC(=O)NC2CCCC2)c1OC. The summed E-state index contributed by atoms with van der Waals surface area (Å²) in [6, 6.07) is 5.63. The van der Waals surface area contributed by atoms with Crippen LogP contribution >= 0.6 is 0 Å². The van der Waals surface area contributed by atoms with E-state index in [1.807, 2.05) is 6.07 Å². The van der Waals surface area contributed by atoms with Gasteiger partial charge in [-0.15, -0.1) is 0 Å². The van der Waals surface area contributed by atoms with Crippen molar-refractivity contribution in [2.75, 3.05) is 27.4 Å². The number of hydrogen-bond acceptors (Lipinski definition) is 4. The van der Waals surface area contributed by atoms with E-state index in [0.717, 1.165) is 12.8 Å². The van der Waals surface area contributed by atoms with Crippen molar-refractivity contribution in [1.82, 2.24) is 10.6 Å². The lowest BCUT2D eigenvalue weighted by atomic mass is 10.2. The predicted octanol–water partition coefficient (Wildman–Crippen LogP) is 2.32. The van der Waals surface area contributed by atoms with Gasteiger partial charge in [0.1, 0.15) is 6.61 Å².